The summed E-state index contributed by atoms with van der Waals surface area (Å²) in [5, 5.41) is 0.302. The Morgan fingerprint density at radius 1 is 1.04 bits per heavy atom. The van der Waals surface area contributed by atoms with Gasteiger partial charge in [0.2, 0.25) is 0 Å². The highest BCUT2D eigenvalue weighted by atomic mass is 35.5. The fourth-order valence-corrected chi connectivity index (χ4v) is 2.69. The molecular weight excluding hydrogens is 335 g/mol. The Labute approximate surface area is 142 Å². The van der Waals surface area contributed by atoms with Crippen LogP contribution in [-0.4, -0.2) is 57.8 Å². The Kier molecular flexibility index (Phi) is 4.71. The third-order valence-corrected chi connectivity index (χ3v) is 4.03. The quantitative estimate of drug-likeness (QED) is 0.831. The van der Waals surface area contributed by atoms with E-state index in [1.807, 2.05) is 0 Å². The number of benzene rings is 1. The van der Waals surface area contributed by atoms with E-state index < -0.39 is 11.7 Å². The molecular formula is C16H14ClFN4O2. The van der Waals surface area contributed by atoms with E-state index in [2.05, 4.69) is 9.97 Å². The molecule has 2 heterocycles. The molecule has 0 unspecified atom stereocenters. The molecule has 3 rings (SSSR count). The first-order valence-electron chi connectivity index (χ1n) is 7.36. The summed E-state index contributed by atoms with van der Waals surface area (Å²) >= 11 is 5.83. The minimum absolute atomic E-state index is 0.0591. The van der Waals surface area contributed by atoms with Crippen LogP contribution in [0.1, 0.15) is 20.8 Å². The molecule has 1 aliphatic rings. The van der Waals surface area contributed by atoms with Gasteiger partial charge in [0, 0.05) is 43.6 Å². The molecule has 1 aliphatic heterocycles. The lowest BCUT2D eigenvalue weighted by Gasteiger charge is -2.34. The minimum Gasteiger partial charge on any atom is -0.335 e. The maximum atomic E-state index is 13.8. The van der Waals surface area contributed by atoms with Crippen molar-refractivity contribution >= 4 is 23.4 Å². The normalized spacial score (nSPS) is 14.6. The van der Waals surface area contributed by atoms with E-state index in [0.29, 0.717) is 31.2 Å². The van der Waals surface area contributed by atoms with Crippen molar-refractivity contribution in [3.05, 3.63) is 58.9 Å². The molecule has 24 heavy (non-hydrogen) atoms. The van der Waals surface area contributed by atoms with Gasteiger partial charge in [-0.3, -0.25) is 14.6 Å². The summed E-state index contributed by atoms with van der Waals surface area (Å²) in [5.41, 5.74) is 0.203. The van der Waals surface area contributed by atoms with Gasteiger partial charge in [-0.2, -0.15) is 0 Å². The van der Waals surface area contributed by atoms with Gasteiger partial charge in [0.05, 0.1) is 11.8 Å². The molecule has 1 aromatic heterocycles. The summed E-state index contributed by atoms with van der Waals surface area (Å²) in [7, 11) is 0. The van der Waals surface area contributed by atoms with Gasteiger partial charge in [-0.25, -0.2) is 9.37 Å². The Morgan fingerprint density at radius 3 is 2.33 bits per heavy atom. The third kappa shape index (κ3) is 3.35. The van der Waals surface area contributed by atoms with E-state index in [9.17, 15) is 14.0 Å². The maximum Gasteiger partial charge on any atom is 0.274 e. The van der Waals surface area contributed by atoms with Crippen molar-refractivity contribution in [2.45, 2.75) is 0 Å². The van der Waals surface area contributed by atoms with Gasteiger partial charge in [-0.1, -0.05) is 11.6 Å². The van der Waals surface area contributed by atoms with Crippen LogP contribution in [0.3, 0.4) is 0 Å². The van der Waals surface area contributed by atoms with Crippen LogP contribution in [0.25, 0.3) is 0 Å². The highest BCUT2D eigenvalue weighted by Crippen LogP contribution is 2.18. The van der Waals surface area contributed by atoms with Crippen LogP contribution in [-0.2, 0) is 0 Å². The number of hydrogen-bond donors (Lipinski definition) is 0. The zero-order valence-corrected chi connectivity index (χ0v) is 13.4. The number of piperazine rings is 1. The first-order chi connectivity index (χ1) is 11.6. The van der Waals surface area contributed by atoms with Crippen LogP contribution in [0.4, 0.5) is 4.39 Å². The molecule has 0 atom stereocenters. The van der Waals surface area contributed by atoms with E-state index in [4.69, 9.17) is 11.6 Å². The van der Waals surface area contributed by atoms with E-state index >= 15 is 0 Å². The van der Waals surface area contributed by atoms with Gasteiger partial charge in [0.25, 0.3) is 11.8 Å². The van der Waals surface area contributed by atoms with Crippen LogP contribution in [0.5, 0.6) is 0 Å². The van der Waals surface area contributed by atoms with Crippen molar-refractivity contribution < 1.29 is 14.0 Å². The van der Waals surface area contributed by atoms with Crippen molar-refractivity contribution in [3.63, 3.8) is 0 Å². The zero-order valence-electron chi connectivity index (χ0n) is 12.7. The SMILES string of the molecule is O=C(c1cnccn1)N1CCN(C(=O)c2cc(Cl)ccc2F)CC1. The number of amides is 2. The molecule has 2 aromatic rings. The molecule has 1 aromatic carbocycles. The van der Waals surface area contributed by atoms with Crippen LogP contribution in [0.15, 0.2) is 36.8 Å². The summed E-state index contributed by atoms with van der Waals surface area (Å²) < 4.78 is 13.8. The van der Waals surface area contributed by atoms with Crippen molar-refractivity contribution in [1.82, 2.24) is 19.8 Å². The van der Waals surface area contributed by atoms with Gasteiger partial charge in [-0.15, -0.1) is 0 Å². The second-order valence-corrected chi connectivity index (χ2v) is 5.74. The Balaban J connectivity index is 1.66. The number of hydrogen-bond acceptors (Lipinski definition) is 4. The van der Waals surface area contributed by atoms with Crippen LogP contribution in [0.2, 0.25) is 5.02 Å². The first kappa shape index (κ1) is 16.3. The summed E-state index contributed by atoms with van der Waals surface area (Å²) in [4.78, 5) is 35.7. The number of carbonyl (C=O) groups excluding carboxylic acids is 2. The van der Waals surface area contributed by atoms with E-state index in [1.54, 1.807) is 4.90 Å². The van der Waals surface area contributed by atoms with Gasteiger partial charge < -0.3 is 9.80 Å². The Morgan fingerprint density at radius 2 is 1.71 bits per heavy atom. The van der Waals surface area contributed by atoms with Crippen molar-refractivity contribution in [3.8, 4) is 0 Å². The molecule has 0 radical (unpaired) electrons. The monoisotopic (exact) mass is 348 g/mol. The van der Waals surface area contributed by atoms with E-state index in [1.165, 1.54) is 41.7 Å². The summed E-state index contributed by atoms with van der Waals surface area (Å²) in [6.45, 7) is 1.33. The molecule has 124 valence electrons. The largest absolute Gasteiger partial charge is 0.335 e. The highest BCUT2D eigenvalue weighted by molar-refractivity contribution is 6.31. The molecule has 1 fully saturated rings. The van der Waals surface area contributed by atoms with E-state index in [-0.39, 0.29) is 17.2 Å². The lowest BCUT2D eigenvalue weighted by atomic mass is 10.1. The molecule has 0 bridgehead atoms. The van der Waals surface area contributed by atoms with Crippen LogP contribution < -0.4 is 0 Å². The van der Waals surface area contributed by atoms with Crippen LogP contribution in [0, 0.1) is 5.82 Å². The fourth-order valence-electron chi connectivity index (χ4n) is 2.52. The predicted molar refractivity (Wildman–Crippen MR) is 85.2 cm³/mol. The number of nitrogens with zero attached hydrogens (tertiary/aromatic N) is 4. The predicted octanol–water partition coefficient (Wildman–Crippen LogP) is 1.87. The third-order valence-electron chi connectivity index (χ3n) is 3.80. The standard InChI is InChI=1S/C16H14ClFN4O2/c17-11-1-2-13(18)12(9-11)15(23)21-5-7-22(8-6-21)16(24)14-10-19-3-4-20-14/h1-4,9-10H,5-8H2. The van der Waals surface area contributed by atoms with Gasteiger partial charge in [0.15, 0.2) is 0 Å². The second kappa shape index (κ2) is 6.92. The number of rotatable bonds is 2. The molecule has 6 nitrogen and oxygen atoms in total. The molecule has 8 heteroatoms. The smallest absolute Gasteiger partial charge is 0.274 e. The zero-order chi connectivity index (χ0) is 17.1. The first-order valence-corrected chi connectivity index (χ1v) is 7.73. The lowest BCUT2D eigenvalue weighted by molar-refractivity contribution is 0.0529. The number of halogens is 2. The number of carbonyl (C=O) groups is 2. The van der Waals surface area contributed by atoms with Crippen LogP contribution >= 0.6 is 11.6 Å². The Bertz CT molecular complexity index is 764. The summed E-state index contributed by atoms with van der Waals surface area (Å²) in [6, 6.07) is 3.88. The number of aromatic nitrogens is 2. The van der Waals surface area contributed by atoms with Gasteiger partial charge in [-0.05, 0) is 18.2 Å². The molecule has 2 amide bonds. The van der Waals surface area contributed by atoms with Gasteiger partial charge in [0.1, 0.15) is 11.5 Å². The molecule has 0 N–H and O–H groups in total. The maximum absolute atomic E-state index is 13.8. The molecule has 0 spiro atoms. The van der Waals surface area contributed by atoms with E-state index in [0.717, 1.165) is 0 Å². The highest BCUT2D eigenvalue weighted by Gasteiger charge is 2.27. The topological polar surface area (TPSA) is 66.4 Å². The van der Waals surface area contributed by atoms with Crippen molar-refractivity contribution in [2.75, 3.05) is 26.2 Å². The second-order valence-electron chi connectivity index (χ2n) is 5.30. The minimum atomic E-state index is -0.609. The average molecular weight is 349 g/mol. The molecule has 1 saturated heterocycles. The Hall–Kier alpha value is -2.54. The average Bonchev–Trinajstić information content (AvgIpc) is 2.63. The molecule has 0 saturated carbocycles. The molecule has 0 aliphatic carbocycles. The summed E-state index contributed by atoms with van der Waals surface area (Å²) in [6.07, 6.45) is 4.35. The fraction of sp³-hybridized carbons (Fsp3) is 0.250. The van der Waals surface area contributed by atoms with Gasteiger partial charge >= 0.3 is 0 Å². The van der Waals surface area contributed by atoms with Crippen molar-refractivity contribution in [1.29, 1.82) is 0 Å². The summed E-state index contributed by atoms with van der Waals surface area (Å²) in [5.74, 6) is -1.27. The van der Waals surface area contributed by atoms with Crippen molar-refractivity contribution in [2.24, 2.45) is 0 Å². The lowest BCUT2D eigenvalue weighted by Crippen LogP contribution is -2.50.